The Balaban J connectivity index is 1.49. The van der Waals surface area contributed by atoms with Crippen LogP contribution in [0.25, 0.3) is 0 Å². The van der Waals surface area contributed by atoms with Crippen LogP contribution in [0.3, 0.4) is 0 Å². The highest BCUT2D eigenvalue weighted by atomic mass is 19.1. The number of benzodiazepines with no additional fused rings is 1. The van der Waals surface area contributed by atoms with E-state index in [2.05, 4.69) is 21.7 Å². The maximum absolute atomic E-state index is 14.8. The van der Waals surface area contributed by atoms with E-state index in [4.69, 9.17) is 0 Å². The number of likely N-dealkylation sites (N-methyl/N-ethyl adjacent to an activating group) is 1. The molecule has 3 amide bonds. The lowest BCUT2D eigenvalue weighted by Crippen LogP contribution is -2.47. The summed E-state index contributed by atoms with van der Waals surface area (Å²) in [5, 5.41) is 5.59. The van der Waals surface area contributed by atoms with Gasteiger partial charge >= 0.3 is 6.03 Å². The van der Waals surface area contributed by atoms with Crippen molar-refractivity contribution in [3.63, 3.8) is 0 Å². The molecule has 5 rings (SSSR count). The summed E-state index contributed by atoms with van der Waals surface area (Å²) in [5.41, 5.74) is 4.91. The second kappa shape index (κ2) is 9.09. The second-order valence-corrected chi connectivity index (χ2v) is 8.52. The number of hydrogen-bond acceptors (Lipinski definition) is 3. The Morgan fingerprint density at radius 3 is 2.53 bits per heavy atom. The minimum absolute atomic E-state index is 0.266. The van der Waals surface area contributed by atoms with Gasteiger partial charge in [-0.15, -0.1) is 0 Å². The first-order chi connectivity index (χ1) is 16.5. The quantitative estimate of drug-likeness (QED) is 0.601. The Hall–Kier alpha value is -4.00. The summed E-state index contributed by atoms with van der Waals surface area (Å²) in [6, 6.07) is 18.8. The summed E-state index contributed by atoms with van der Waals surface area (Å²) in [6.07, 6.45) is 2.90. The molecule has 3 aromatic carbocycles. The first-order valence-electron chi connectivity index (χ1n) is 11.4. The summed E-state index contributed by atoms with van der Waals surface area (Å²) in [4.78, 5) is 32.3. The number of hydrogen-bond donors (Lipinski definition) is 2. The lowest BCUT2D eigenvalue weighted by Gasteiger charge is -2.22. The highest BCUT2D eigenvalue weighted by Gasteiger charge is 2.31. The first kappa shape index (κ1) is 21.8. The summed E-state index contributed by atoms with van der Waals surface area (Å²) in [5.74, 6) is -0.865. The Kier molecular flexibility index (Phi) is 5.84. The van der Waals surface area contributed by atoms with Gasteiger partial charge in [0.2, 0.25) is 6.17 Å². The van der Waals surface area contributed by atoms with Gasteiger partial charge in [-0.2, -0.15) is 0 Å². The third-order valence-electron chi connectivity index (χ3n) is 6.38. The smallest absolute Gasteiger partial charge is 0.311 e. The Labute approximate surface area is 197 Å². The topological polar surface area (TPSA) is 73.8 Å². The summed E-state index contributed by atoms with van der Waals surface area (Å²) < 4.78 is 14.8. The molecule has 0 radical (unpaired) electrons. The van der Waals surface area contributed by atoms with Gasteiger partial charge < -0.3 is 15.5 Å². The van der Waals surface area contributed by atoms with Crippen molar-refractivity contribution in [3.8, 4) is 0 Å². The zero-order valence-electron chi connectivity index (χ0n) is 18.8. The molecule has 0 spiro atoms. The first-order valence-corrected chi connectivity index (χ1v) is 11.4. The fourth-order valence-electron chi connectivity index (χ4n) is 4.67. The fourth-order valence-corrected chi connectivity index (χ4v) is 4.67. The van der Waals surface area contributed by atoms with E-state index < -0.39 is 23.9 Å². The molecular formula is C27H25FN4O2. The maximum atomic E-state index is 14.8. The van der Waals surface area contributed by atoms with E-state index >= 15 is 0 Å². The normalized spacial score (nSPS) is 17.2. The van der Waals surface area contributed by atoms with Gasteiger partial charge in [-0.3, -0.25) is 4.79 Å². The number of carbonyl (C=O) groups is 2. The molecule has 6 nitrogen and oxygen atoms in total. The number of urea groups is 1. The lowest BCUT2D eigenvalue weighted by molar-refractivity contribution is -0.119. The standard InChI is InChI=1S/C27H25FN4O2/c1-32-23-16-7-5-13-20(23)24(19-12-4-6-14-21(19)28)30-25(26(32)33)31-27(34)29-22-15-8-10-17-9-2-3-11-18(17)22/h4-8,10,12-16,25H,2-3,9,11H2,1H3,(H2,29,31,34). The molecule has 1 unspecified atom stereocenters. The third kappa shape index (κ3) is 4.05. The lowest BCUT2D eigenvalue weighted by atomic mass is 9.90. The van der Waals surface area contributed by atoms with Crippen LogP contribution in [0.15, 0.2) is 71.7 Å². The molecule has 1 atom stereocenters. The molecule has 1 heterocycles. The number of aryl methyl sites for hydroxylation is 1. The Morgan fingerprint density at radius 1 is 0.971 bits per heavy atom. The van der Waals surface area contributed by atoms with Crippen LogP contribution in [-0.4, -0.2) is 30.9 Å². The van der Waals surface area contributed by atoms with E-state index in [0.717, 1.165) is 36.9 Å². The van der Waals surface area contributed by atoms with Gasteiger partial charge in [0.05, 0.1) is 11.4 Å². The Morgan fingerprint density at radius 2 is 1.71 bits per heavy atom. The average molecular weight is 457 g/mol. The van der Waals surface area contributed by atoms with Crippen LogP contribution in [-0.2, 0) is 17.6 Å². The van der Waals surface area contributed by atoms with Crippen molar-refractivity contribution in [1.29, 1.82) is 0 Å². The zero-order valence-corrected chi connectivity index (χ0v) is 18.8. The van der Waals surface area contributed by atoms with Crippen LogP contribution in [0, 0.1) is 5.82 Å². The van der Waals surface area contributed by atoms with Crippen molar-refractivity contribution in [2.24, 2.45) is 4.99 Å². The van der Waals surface area contributed by atoms with E-state index in [0.29, 0.717) is 17.0 Å². The summed E-state index contributed by atoms with van der Waals surface area (Å²) >= 11 is 0. The van der Waals surface area contributed by atoms with Crippen molar-refractivity contribution in [1.82, 2.24) is 5.32 Å². The third-order valence-corrected chi connectivity index (χ3v) is 6.38. The number of para-hydroxylation sites is 1. The minimum atomic E-state index is -1.22. The number of halogens is 1. The SMILES string of the molecule is CN1C(=O)C(NC(=O)Nc2cccc3c2CCCC3)N=C(c2ccccc2F)c2ccccc21. The molecule has 2 N–H and O–H groups in total. The molecule has 2 aliphatic rings. The largest absolute Gasteiger partial charge is 0.321 e. The van der Waals surface area contributed by atoms with Crippen molar-refractivity contribution in [3.05, 3.63) is 94.8 Å². The zero-order chi connectivity index (χ0) is 23.7. The van der Waals surface area contributed by atoms with E-state index in [1.807, 2.05) is 18.2 Å². The number of nitrogens with one attached hydrogen (secondary N) is 2. The molecule has 0 fully saturated rings. The molecule has 172 valence electrons. The number of amides is 3. The molecule has 0 saturated heterocycles. The van der Waals surface area contributed by atoms with Crippen LogP contribution in [0.1, 0.15) is 35.1 Å². The highest BCUT2D eigenvalue weighted by Crippen LogP contribution is 2.29. The summed E-state index contributed by atoms with van der Waals surface area (Å²) in [7, 11) is 1.63. The van der Waals surface area contributed by atoms with E-state index in [1.54, 1.807) is 43.4 Å². The maximum Gasteiger partial charge on any atom is 0.321 e. The molecule has 3 aromatic rings. The minimum Gasteiger partial charge on any atom is -0.311 e. The van der Waals surface area contributed by atoms with Gasteiger partial charge in [-0.25, -0.2) is 14.2 Å². The van der Waals surface area contributed by atoms with Crippen LogP contribution in [0.5, 0.6) is 0 Å². The fraction of sp³-hybridized carbons (Fsp3) is 0.222. The number of nitrogens with zero attached hydrogens (tertiary/aromatic N) is 2. The van der Waals surface area contributed by atoms with Crippen LogP contribution in [0.2, 0.25) is 0 Å². The number of rotatable bonds is 3. The van der Waals surface area contributed by atoms with Gasteiger partial charge in [0, 0.05) is 23.9 Å². The van der Waals surface area contributed by atoms with E-state index in [-0.39, 0.29) is 5.56 Å². The molecule has 1 aliphatic heterocycles. The predicted octanol–water partition coefficient (Wildman–Crippen LogP) is 4.67. The van der Waals surface area contributed by atoms with Crippen molar-refractivity contribution >= 4 is 29.0 Å². The van der Waals surface area contributed by atoms with Gasteiger partial charge in [-0.1, -0.05) is 42.5 Å². The molecule has 0 aromatic heterocycles. The van der Waals surface area contributed by atoms with Gasteiger partial charge in [0.1, 0.15) is 5.82 Å². The Bertz CT molecular complexity index is 1300. The number of carbonyl (C=O) groups excluding carboxylic acids is 2. The highest BCUT2D eigenvalue weighted by molar-refractivity contribution is 6.20. The van der Waals surface area contributed by atoms with E-state index in [9.17, 15) is 14.0 Å². The van der Waals surface area contributed by atoms with Crippen LogP contribution < -0.4 is 15.5 Å². The van der Waals surface area contributed by atoms with Crippen molar-refractivity contribution in [2.45, 2.75) is 31.8 Å². The second-order valence-electron chi connectivity index (χ2n) is 8.52. The number of anilines is 2. The molecule has 34 heavy (non-hydrogen) atoms. The molecule has 7 heteroatoms. The van der Waals surface area contributed by atoms with Gasteiger partial charge in [0.25, 0.3) is 5.91 Å². The monoisotopic (exact) mass is 456 g/mol. The number of fused-ring (bicyclic) bond motifs is 2. The molecule has 0 saturated carbocycles. The number of benzene rings is 3. The number of aliphatic imine (C=N–C) groups is 1. The predicted molar refractivity (Wildman–Crippen MR) is 131 cm³/mol. The molecule has 1 aliphatic carbocycles. The van der Waals surface area contributed by atoms with Crippen molar-refractivity contribution < 1.29 is 14.0 Å². The van der Waals surface area contributed by atoms with Crippen LogP contribution in [0.4, 0.5) is 20.6 Å². The molecular weight excluding hydrogens is 431 g/mol. The molecule has 0 bridgehead atoms. The van der Waals surface area contributed by atoms with Crippen LogP contribution >= 0.6 is 0 Å². The van der Waals surface area contributed by atoms with Gasteiger partial charge in [-0.05, 0) is 61.1 Å². The van der Waals surface area contributed by atoms with Crippen molar-refractivity contribution in [2.75, 3.05) is 17.3 Å². The van der Waals surface area contributed by atoms with E-state index in [1.165, 1.54) is 16.5 Å². The van der Waals surface area contributed by atoms with Gasteiger partial charge in [0.15, 0.2) is 0 Å². The average Bonchev–Trinajstić information content (AvgIpc) is 2.95. The summed E-state index contributed by atoms with van der Waals surface area (Å²) in [6.45, 7) is 0.